The van der Waals surface area contributed by atoms with E-state index in [1.165, 1.54) is 0 Å². The van der Waals surface area contributed by atoms with E-state index in [1.807, 2.05) is 62.4 Å². The Hall–Kier alpha value is -2.98. The van der Waals surface area contributed by atoms with E-state index in [1.54, 1.807) is 21.6 Å². The highest BCUT2D eigenvalue weighted by molar-refractivity contribution is 8.76. The first kappa shape index (κ1) is 27.3. The van der Waals surface area contributed by atoms with Gasteiger partial charge in [0, 0.05) is 37.4 Å². The van der Waals surface area contributed by atoms with E-state index in [4.69, 9.17) is 10.4 Å². The number of hydrogen-bond donors (Lipinski definition) is 4. The van der Waals surface area contributed by atoms with E-state index in [-0.39, 0.29) is 24.3 Å². The molecule has 0 spiro atoms. The zero-order valence-electron chi connectivity index (χ0n) is 19.3. The Balaban J connectivity index is 1.58. The maximum absolute atomic E-state index is 12.2. The van der Waals surface area contributed by atoms with Crippen LogP contribution in [0.3, 0.4) is 0 Å². The van der Waals surface area contributed by atoms with Crippen molar-refractivity contribution in [2.45, 2.75) is 26.7 Å². The molecule has 8 nitrogen and oxygen atoms in total. The predicted octanol–water partition coefficient (Wildman–Crippen LogP) is 3.36. The number of oxime groups is 2. The lowest BCUT2D eigenvalue weighted by Gasteiger charge is -2.08. The summed E-state index contributed by atoms with van der Waals surface area (Å²) in [5.74, 6) is 0.519. The third-order valence-corrected chi connectivity index (χ3v) is 7.18. The van der Waals surface area contributed by atoms with Crippen molar-refractivity contribution in [2.75, 3.05) is 24.6 Å². The summed E-state index contributed by atoms with van der Waals surface area (Å²) < 4.78 is 0. The molecule has 0 aromatic heterocycles. The molecule has 0 aliphatic heterocycles. The Morgan fingerprint density at radius 2 is 1.06 bits per heavy atom. The molecule has 0 unspecified atom stereocenters. The molecule has 4 N–H and O–H groups in total. The molecule has 2 rings (SSSR count). The first-order chi connectivity index (χ1) is 16.4. The minimum atomic E-state index is -0.398. The molecular formula is C24H30N4O4S2. The fourth-order valence-electron chi connectivity index (χ4n) is 2.86. The fraction of sp³-hybridized carbons (Fsp3) is 0.333. The maximum atomic E-state index is 12.2. The van der Waals surface area contributed by atoms with Crippen molar-refractivity contribution in [2.24, 2.45) is 10.3 Å². The van der Waals surface area contributed by atoms with E-state index < -0.39 is 11.8 Å². The third-order valence-electron chi connectivity index (χ3n) is 4.78. The van der Waals surface area contributed by atoms with Crippen molar-refractivity contribution >= 4 is 44.8 Å². The topological polar surface area (TPSA) is 123 Å². The first-order valence-corrected chi connectivity index (χ1v) is 13.3. The lowest BCUT2D eigenvalue weighted by Crippen LogP contribution is -2.34. The molecule has 0 aliphatic carbocycles. The summed E-state index contributed by atoms with van der Waals surface area (Å²) in [5.41, 5.74) is 4.16. The van der Waals surface area contributed by atoms with Crippen LogP contribution in [0, 0.1) is 13.8 Å². The van der Waals surface area contributed by atoms with Gasteiger partial charge in [-0.2, -0.15) is 0 Å². The van der Waals surface area contributed by atoms with Gasteiger partial charge in [-0.05, 0) is 25.0 Å². The Kier molecular flexibility index (Phi) is 12.0. The van der Waals surface area contributed by atoms with E-state index in [2.05, 4.69) is 20.9 Å². The molecule has 2 aromatic carbocycles. The molecular weight excluding hydrogens is 472 g/mol. The minimum absolute atomic E-state index is 0.0659. The summed E-state index contributed by atoms with van der Waals surface area (Å²) in [7, 11) is 3.12. The molecule has 0 bridgehead atoms. The quantitative estimate of drug-likeness (QED) is 0.109. The molecule has 182 valence electrons. The van der Waals surface area contributed by atoms with Gasteiger partial charge in [0.15, 0.2) is 0 Å². The number of nitrogens with one attached hydrogen (secondary N) is 2. The third kappa shape index (κ3) is 9.88. The van der Waals surface area contributed by atoms with Crippen LogP contribution in [0.15, 0.2) is 58.8 Å². The molecule has 2 aromatic rings. The van der Waals surface area contributed by atoms with Gasteiger partial charge in [0.1, 0.15) is 11.4 Å². The highest BCUT2D eigenvalue weighted by atomic mass is 33.1. The Bertz CT molecular complexity index is 912. The van der Waals surface area contributed by atoms with Crippen molar-refractivity contribution < 1.29 is 20.0 Å². The summed E-state index contributed by atoms with van der Waals surface area (Å²) in [6, 6.07) is 15.4. The van der Waals surface area contributed by atoms with Gasteiger partial charge in [-0.25, -0.2) is 0 Å². The molecule has 0 saturated carbocycles. The zero-order chi connectivity index (χ0) is 24.8. The number of nitrogens with zero attached hydrogens (tertiary/aromatic N) is 2. The lowest BCUT2D eigenvalue weighted by molar-refractivity contribution is -0.115. The van der Waals surface area contributed by atoms with Crippen LogP contribution in [0.4, 0.5) is 0 Å². The van der Waals surface area contributed by atoms with Crippen molar-refractivity contribution in [3.05, 3.63) is 70.8 Å². The van der Waals surface area contributed by atoms with Gasteiger partial charge in [0.2, 0.25) is 0 Å². The summed E-state index contributed by atoms with van der Waals surface area (Å²) in [5, 5.41) is 30.1. The molecule has 0 fully saturated rings. The van der Waals surface area contributed by atoms with E-state index in [0.717, 1.165) is 22.3 Å². The Morgan fingerprint density at radius 1 is 0.706 bits per heavy atom. The van der Waals surface area contributed by atoms with Crippen molar-refractivity contribution in [3.63, 3.8) is 0 Å². The van der Waals surface area contributed by atoms with Crippen molar-refractivity contribution in [1.82, 2.24) is 10.6 Å². The van der Waals surface area contributed by atoms with Crippen LogP contribution in [0.2, 0.25) is 0 Å². The number of aryl methyl sites for hydroxylation is 2. The van der Waals surface area contributed by atoms with Crippen LogP contribution in [0.1, 0.15) is 22.3 Å². The first-order valence-electron chi connectivity index (χ1n) is 10.8. The van der Waals surface area contributed by atoms with Gasteiger partial charge in [-0.15, -0.1) is 0 Å². The van der Waals surface area contributed by atoms with Crippen LogP contribution >= 0.6 is 21.6 Å². The fourth-order valence-corrected chi connectivity index (χ4v) is 4.67. The summed E-state index contributed by atoms with van der Waals surface area (Å²) in [4.78, 5) is 24.4. The number of carbonyl (C=O) groups is 2. The predicted molar refractivity (Wildman–Crippen MR) is 139 cm³/mol. The van der Waals surface area contributed by atoms with Crippen molar-refractivity contribution in [3.8, 4) is 0 Å². The Morgan fingerprint density at radius 3 is 1.38 bits per heavy atom. The van der Waals surface area contributed by atoms with Crippen LogP contribution in [-0.2, 0) is 22.4 Å². The minimum Gasteiger partial charge on any atom is -0.410 e. The van der Waals surface area contributed by atoms with Crippen LogP contribution < -0.4 is 10.6 Å². The average Bonchev–Trinajstić information content (AvgIpc) is 2.84. The van der Waals surface area contributed by atoms with Gasteiger partial charge < -0.3 is 21.0 Å². The number of benzene rings is 2. The SMILES string of the molecule is Cc1ccc(C/C(=N\O)C(=O)NCCSSCCNC(=O)/C(Cc2ccc(C)cc2)=N/O)cc1. The van der Waals surface area contributed by atoms with E-state index in [9.17, 15) is 9.59 Å². The maximum Gasteiger partial charge on any atom is 0.269 e. The van der Waals surface area contributed by atoms with Crippen LogP contribution in [-0.4, -0.2) is 58.2 Å². The summed E-state index contributed by atoms with van der Waals surface area (Å²) >= 11 is 0. The van der Waals surface area contributed by atoms with Gasteiger partial charge >= 0.3 is 0 Å². The standard InChI is InChI=1S/C24H30N4O4S2/c1-17-3-7-19(8-4-17)15-21(27-31)23(29)25-11-13-33-34-14-12-26-24(30)22(28-32)16-20-9-5-18(2)6-10-20/h3-10,31-32H,11-16H2,1-2H3,(H,25,29)(H,26,30)/b27-21+,28-22+. The number of amides is 2. The Labute approximate surface area is 207 Å². The molecule has 0 heterocycles. The summed E-state index contributed by atoms with van der Waals surface area (Å²) in [6.45, 7) is 4.81. The second-order valence-corrected chi connectivity index (χ2v) is 10.3. The van der Waals surface area contributed by atoms with Gasteiger partial charge in [0.05, 0.1) is 0 Å². The number of carbonyl (C=O) groups excluding carboxylic acids is 2. The molecule has 0 atom stereocenters. The van der Waals surface area contributed by atoms with Crippen LogP contribution in [0.25, 0.3) is 0 Å². The lowest BCUT2D eigenvalue weighted by atomic mass is 10.1. The van der Waals surface area contributed by atoms with E-state index >= 15 is 0 Å². The average molecular weight is 503 g/mol. The number of hydrogen-bond acceptors (Lipinski definition) is 8. The van der Waals surface area contributed by atoms with Gasteiger partial charge in [-0.3, -0.25) is 9.59 Å². The summed E-state index contributed by atoms with van der Waals surface area (Å²) in [6.07, 6.45) is 0.514. The smallest absolute Gasteiger partial charge is 0.269 e. The zero-order valence-corrected chi connectivity index (χ0v) is 20.9. The normalized spacial score (nSPS) is 11.8. The molecule has 0 radical (unpaired) electrons. The molecule has 34 heavy (non-hydrogen) atoms. The number of rotatable bonds is 13. The molecule has 2 amide bonds. The van der Waals surface area contributed by atoms with Gasteiger partial charge in [-0.1, -0.05) is 91.6 Å². The van der Waals surface area contributed by atoms with Crippen LogP contribution in [0.5, 0.6) is 0 Å². The molecule has 0 aliphatic rings. The monoisotopic (exact) mass is 502 g/mol. The largest absolute Gasteiger partial charge is 0.410 e. The van der Waals surface area contributed by atoms with Gasteiger partial charge in [0.25, 0.3) is 11.8 Å². The van der Waals surface area contributed by atoms with E-state index in [0.29, 0.717) is 24.6 Å². The highest BCUT2D eigenvalue weighted by Crippen LogP contribution is 2.19. The highest BCUT2D eigenvalue weighted by Gasteiger charge is 2.14. The molecule has 0 saturated heterocycles. The second kappa shape index (κ2) is 15.0. The molecule has 10 heteroatoms. The van der Waals surface area contributed by atoms with Crippen molar-refractivity contribution in [1.29, 1.82) is 0 Å². The second-order valence-electron chi connectivity index (χ2n) is 7.57.